The summed E-state index contributed by atoms with van der Waals surface area (Å²) in [7, 11) is -4.37. The van der Waals surface area contributed by atoms with Crippen molar-refractivity contribution in [3.63, 3.8) is 0 Å². The van der Waals surface area contributed by atoms with Crippen molar-refractivity contribution in [2.75, 3.05) is 19.8 Å². The molecule has 1 aliphatic carbocycles. The first-order chi connectivity index (χ1) is 27.0. The second-order valence-corrected chi connectivity index (χ2v) is 17.8. The van der Waals surface area contributed by atoms with Crippen molar-refractivity contribution in [1.29, 1.82) is 0 Å². The maximum Gasteiger partial charge on any atom is 0.410 e. The first-order valence-electron chi connectivity index (χ1n) is 18.9. The Morgan fingerprint density at radius 3 is 2.54 bits per heavy atom. The van der Waals surface area contributed by atoms with Crippen LogP contribution in [0.1, 0.15) is 70.4 Å². The minimum absolute atomic E-state index is 0.0371. The van der Waals surface area contributed by atoms with Crippen LogP contribution in [0.4, 0.5) is 9.59 Å². The van der Waals surface area contributed by atoms with E-state index in [-0.39, 0.29) is 50.4 Å². The lowest BCUT2D eigenvalue weighted by Crippen LogP contribution is -2.58. The van der Waals surface area contributed by atoms with E-state index in [4.69, 9.17) is 37.4 Å². The number of sulfonamides is 1. The molecule has 3 aliphatic heterocycles. The van der Waals surface area contributed by atoms with Crippen LogP contribution in [0, 0.1) is 5.92 Å². The number of benzene rings is 2. The molecule has 0 bridgehead atoms. The number of amides is 5. The normalized spacial score (nSPS) is 26.0. The van der Waals surface area contributed by atoms with Crippen molar-refractivity contribution in [2.45, 2.75) is 107 Å². The Labute approximate surface area is 341 Å². The van der Waals surface area contributed by atoms with Gasteiger partial charge in [0.1, 0.15) is 29.3 Å². The molecular weight excluding hydrogens is 801 g/mol. The van der Waals surface area contributed by atoms with Gasteiger partial charge in [0.2, 0.25) is 11.8 Å². The molecule has 57 heavy (non-hydrogen) atoms. The Morgan fingerprint density at radius 2 is 1.82 bits per heavy atom. The number of nitrogens with zero attached hydrogens (tertiary/aromatic N) is 2. The van der Waals surface area contributed by atoms with Gasteiger partial charge in [0.15, 0.2) is 0 Å². The van der Waals surface area contributed by atoms with E-state index >= 15 is 0 Å². The quantitative estimate of drug-likeness (QED) is 0.326. The third kappa shape index (κ3) is 9.85. The van der Waals surface area contributed by atoms with E-state index < -0.39 is 75.2 Å². The van der Waals surface area contributed by atoms with Gasteiger partial charge in [-0.1, -0.05) is 54.4 Å². The van der Waals surface area contributed by atoms with Gasteiger partial charge < -0.3 is 29.7 Å². The topological polar surface area (TPSA) is 190 Å². The van der Waals surface area contributed by atoms with E-state index in [1.165, 1.54) is 34.1 Å². The minimum Gasteiger partial charge on any atom is -0.444 e. The number of fused-ring (bicyclic) bond motifs is 3. The number of rotatable bonds is 7. The molecule has 4 aliphatic rings. The summed E-state index contributed by atoms with van der Waals surface area (Å²) < 4.78 is 46.0. The minimum atomic E-state index is -4.37. The van der Waals surface area contributed by atoms with Crippen LogP contribution >= 0.6 is 23.2 Å². The van der Waals surface area contributed by atoms with Crippen molar-refractivity contribution >= 4 is 63.1 Å². The maximum absolute atomic E-state index is 14.5. The summed E-state index contributed by atoms with van der Waals surface area (Å²) in [5.41, 5.74) is -0.851. The van der Waals surface area contributed by atoms with Crippen molar-refractivity contribution in [3.05, 3.63) is 75.8 Å². The molecule has 308 valence electrons. The maximum atomic E-state index is 14.5. The van der Waals surface area contributed by atoms with E-state index in [2.05, 4.69) is 15.4 Å². The second-order valence-electron chi connectivity index (χ2n) is 15.3. The summed E-state index contributed by atoms with van der Waals surface area (Å²) in [4.78, 5) is 71.9. The first kappa shape index (κ1) is 42.2. The lowest BCUT2D eigenvalue weighted by Gasteiger charge is -2.30. The number of alkyl carbamates (subject to hydrolysis) is 1. The van der Waals surface area contributed by atoms with Gasteiger partial charge >= 0.3 is 12.2 Å². The largest absolute Gasteiger partial charge is 0.444 e. The number of carbonyl (C=O) groups excluding carboxylic acids is 5. The van der Waals surface area contributed by atoms with Gasteiger partial charge in [0.05, 0.1) is 18.0 Å². The molecule has 6 rings (SSSR count). The molecule has 18 heteroatoms. The number of ether oxygens (including phenoxy) is 3. The molecule has 15 nitrogen and oxygen atoms in total. The SMILES string of the molecule is CCC(C)(C)OC(=O)N[C@H]1CCOCCC/C=C\[C@@H]2C[C@@]2(C(=O)NS(=O)(=O)c2ccc(Cl)cc2)NC(=O)[C@@H]2C[C@@H](OC(=O)N3Cc4cccc(Cl)c4C3)CN2C1=O. The zero-order chi connectivity index (χ0) is 41.1. The highest BCUT2D eigenvalue weighted by molar-refractivity contribution is 7.90. The smallest absolute Gasteiger partial charge is 0.410 e. The monoisotopic (exact) mass is 847 g/mol. The fourth-order valence-electron chi connectivity index (χ4n) is 7.09. The highest BCUT2D eigenvalue weighted by atomic mass is 35.5. The Bertz CT molecular complexity index is 2030. The highest BCUT2D eigenvalue weighted by Gasteiger charge is 2.61. The fourth-order valence-corrected chi connectivity index (χ4v) is 8.51. The molecule has 2 aromatic rings. The Hall–Kier alpha value is -4.38. The van der Waals surface area contributed by atoms with E-state index in [1.807, 2.05) is 19.1 Å². The second kappa shape index (κ2) is 17.2. The Kier molecular flexibility index (Phi) is 12.8. The average molecular weight is 849 g/mol. The van der Waals surface area contributed by atoms with Crippen LogP contribution < -0.4 is 15.4 Å². The predicted molar refractivity (Wildman–Crippen MR) is 208 cm³/mol. The van der Waals surface area contributed by atoms with Crippen LogP contribution in [0.5, 0.6) is 0 Å². The molecule has 0 aromatic heterocycles. The number of hydrogen-bond acceptors (Lipinski definition) is 10. The van der Waals surface area contributed by atoms with Crippen molar-refractivity contribution in [3.8, 4) is 0 Å². The zero-order valence-electron chi connectivity index (χ0n) is 31.9. The zero-order valence-corrected chi connectivity index (χ0v) is 34.3. The lowest BCUT2D eigenvalue weighted by molar-refractivity contribution is -0.141. The van der Waals surface area contributed by atoms with Gasteiger partial charge in [-0.2, -0.15) is 0 Å². The summed E-state index contributed by atoms with van der Waals surface area (Å²) in [6.45, 7) is 6.00. The summed E-state index contributed by atoms with van der Waals surface area (Å²) in [5.74, 6) is -2.97. The van der Waals surface area contributed by atoms with E-state index in [9.17, 15) is 32.4 Å². The van der Waals surface area contributed by atoms with E-state index in [1.54, 1.807) is 32.1 Å². The highest BCUT2D eigenvalue weighted by Crippen LogP contribution is 2.46. The van der Waals surface area contributed by atoms with Crippen LogP contribution in [-0.2, 0) is 51.7 Å². The van der Waals surface area contributed by atoms with E-state index in [0.29, 0.717) is 35.9 Å². The molecule has 1 saturated carbocycles. The van der Waals surface area contributed by atoms with Crippen LogP contribution in [0.15, 0.2) is 59.5 Å². The summed E-state index contributed by atoms with van der Waals surface area (Å²) >= 11 is 12.3. The molecular formula is C39H47Cl2N5O10S. The van der Waals surface area contributed by atoms with Gasteiger partial charge in [0.25, 0.3) is 15.9 Å². The molecule has 3 N–H and O–H groups in total. The van der Waals surface area contributed by atoms with Crippen LogP contribution in [0.2, 0.25) is 10.0 Å². The molecule has 5 amide bonds. The van der Waals surface area contributed by atoms with Crippen molar-refractivity contribution in [2.24, 2.45) is 5.92 Å². The fraction of sp³-hybridized carbons (Fsp3) is 0.513. The molecule has 3 heterocycles. The van der Waals surface area contributed by atoms with Crippen molar-refractivity contribution < 1.29 is 46.6 Å². The van der Waals surface area contributed by atoms with Crippen LogP contribution in [0.3, 0.4) is 0 Å². The number of nitrogens with one attached hydrogen (secondary N) is 3. The Balaban J connectivity index is 1.27. The standard InChI is InChI=1S/C39H47Cl2N5O10S/c1-4-38(2,3)56-36(50)42-31-16-18-54-17-7-5-6-10-25-20-39(25,35(49)44-57(52,53)28-14-12-26(40)13-15-28)43-33(47)32-19-27(22-46(32)34(31)48)55-37(51)45-21-24-9-8-11-30(41)29(24)23-45/h6,8-15,25,27,31-32H,4-5,7,16-23H2,1-3H3,(H,42,50)(H,43,47)(H,44,49)/b10-6-/t25-,27-,31+,32+,39-/m1/s1. The van der Waals surface area contributed by atoms with Crippen molar-refractivity contribution in [1.82, 2.24) is 25.2 Å². The van der Waals surface area contributed by atoms with Crippen LogP contribution in [0.25, 0.3) is 0 Å². The summed E-state index contributed by atoms with van der Waals surface area (Å²) in [5, 5.41) is 6.25. The number of carbonyl (C=O) groups is 5. The van der Waals surface area contributed by atoms with Crippen LogP contribution in [-0.4, -0.2) is 97.2 Å². The molecule has 5 atom stereocenters. The molecule has 1 saturated heterocycles. The lowest BCUT2D eigenvalue weighted by atomic mass is 10.1. The number of hydrogen-bond donors (Lipinski definition) is 3. The summed E-state index contributed by atoms with van der Waals surface area (Å²) in [6.07, 6.45) is 2.73. The number of halogens is 2. The van der Waals surface area contributed by atoms with Gasteiger partial charge in [-0.05, 0) is 81.0 Å². The molecule has 0 spiro atoms. The predicted octanol–water partition coefficient (Wildman–Crippen LogP) is 4.84. The van der Waals surface area contributed by atoms with Gasteiger partial charge in [-0.25, -0.2) is 22.7 Å². The Morgan fingerprint density at radius 1 is 1.07 bits per heavy atom. The van der Waals surface area contributed by atoms with Gasteiger partial charge in [-0.3, -0.25) is 19.3 Å². The third-order valence-corrected chi connectivity index (χ3v) is 12.8. The van der Waals surface area contributed by atoms with E-state index in [0.717, 1.165) is 11.1 Å². The summed E-state index contributed by atoms with van der Waals surface area (Å²) in [6, 6.07) is 8.15. The third-order valence-electron chi connectivity index (χ3n) is 10.8. The average Bonchev–Trinajstić information content (AvgIpc) is 3.45. The molecule has 2 fully saturated rings. The first-order valence-corrected chi connectivity index (χ1v) is 21.2. The number of allylic oxidation sites excluding steroid dienone is 1. The molecule has 2 aromatic carbocycles. The van der Waals surface area contributed by atoms with Gasteiger partial charge in [0, 0.05) is 48.6 Å². The van der Waals surface area contributed by atoms with Gasteiger partial charge in [-0.15, -0.1) is 0 Å². The molecule has 0 radical (unpaired) electrons. The molecule has 0 unspecified atom stereocenters.